The van der Waals surface area contributed by atoms with E-state index < -0.39 is 0 Å². The van der Waals surface area contributed by atoms with Gasteiger partial charge in [0.15, 0.2) is 0 Å². The lowest BCUT2D eigenvalue weighted by molar-refractivity contribution is 0.294. The number of likely N-dealkylation sites (N-methyl/N-ethyl adjacent to an activating group) is 1. The first-order chi connectivity index (χ1) is 9.65. The third-order valence-electron chi connectivity index (χ3n) is 3.39. The third kappa shape index (κ3) is 4.61. The zero-order chi connectivity index (χ0) is 15.0. The average molecular weight is 280 g/mol. The summed E-state index contributed by atoms with van der Waals surface area (Å²) in [6.45, 7) is 11.8. The van der Waals surface area contributed by atoms with Gasteiger partial charge in [-0.1, -0.05) is 27.2 Å². The van der Waals surface area contributed by atoms with Gasteiger partial charge in [-0.25, -0.2) is 15.8 Å². The maximum atomic E-state index is 5.53. The zero-order valence-corrected chi connectivity index (χ0v) is 13.1. The summed E-state index contributed by atoms with van der Waals surface area (Å²) < 4.78 is 0. The number of nitrogens with one attached hydrogen (secondary N) is 2. The standard InChI is InChI=1S/C14H28N6/c1-5-8-12-13(16-10-17-14(12)19-15)18-11(4)9-20(6-2)7-3/h10-11H,5-9,15H2,1-4H3,(H2,16,17,18,19). The van der Waals surface area contributed by atoms with Gasteiger partial charge in [0.1, 0.15) is 18.0 Å². The van der Waals surface area contributed by atoms with Crippen LogP contribution in [0.3, 0.4) is 0 Å². The molecule has 6 heteroatoms. The maximum Gasteiger partial charge on any atom is 0.148 e. The Balaban J connectivity index is 2.80. The topological polar surface area (TPSA) is 79.1 Å². The zero-order valence-electron chi connectivity index (χ0n) is 13.1. The smallest absolute Gasteiger partial charge is 0.148 e. The number of aromatic nitrogens is 2. The Hall–Kier alpha value is -1.40. The number of hydrazine groups is 1. The van der Waals surface area contributed by atoms with Gasteiger partial charge in [0.25, 0.3) is 0 Å². The van der Waals surface area contributed by atoms with E-state index in [2.05, 4.69) is 53.3 Å². The van der Waals surface area contributed by atoms with E-state index in [-0.39, 0.29) is 0 Å². The van der Waals surface area contributed by atoms with E-state index in [4.69, 9.17) is 5.84 Å². The van der Waals surface area contributed by atoms with Crippen molar-refractivity contribution in [3.63, 3.8) is 0 Å². The highest BCUT2D eigenvalue weighted by Gasteiger charge is 2.13. The molecule has 6 nitrogen and oxygen atoms in total. The van der Waals surface area contributed by atoms with Crippen molar-refractivity contribution in [2.75, 3.05) is 30.4 Å². The van der Waals surface area contributed by atoms with Crippen molar-refractivity contribution in [1.29, 1.82) is 0 Å². The first kappa shape index (κ1) is 16.7. The number of nitrogen functional groups attached to an aromatic ring is 1. The van der Waals surface area contributed by atoms with Crippen LogP contribution in [-0.4, -0.2) is 40.5 Å². The number of anilines is 2. The Morgan fingerprint density at radius 2 is 1.85 bits per heavy atom. The fourth-order valence-corrected chi connectivity index (χ4v) is 2.30. The van der Waals surface area contributed by atoms with Crippen LogP contribution in [0.25, 0.3) is 0 Å². The summed E-state index contributed by atoms with van der Waals surface area (Å²) in [4.78, 5) is 10.9. The Labute approximate surface area is 122 Å². The maximum absolute atomic E-state index is 5.53. The van der Waals surface area contributed by atoms with Gasteiger partial charge in [-0.05, 0) is 26.4 Å². The molecule has 0 aliphatic rings. The molecule has 1 rings (SSSR count). The lowest BCUT2D eigenvalue weighted by Crippen LogP contribution is -2.35. The fraction of sp³-hybridized carbons (Fsp3) is 0.714. The van der Waals surface area contributed by atoms with E-state index in [0.717, 1.165) is 43.9 Å². The van der Waals surface area contributed by atoms with Gasteiger partial charge in [-0.15, -0.1) is 0 Å². The minimum Gasteiger partial charge on any atom is -0.366 e. The normalized spacial score (nSPS) is 12.5. The van der Waals surface area contributed by atoms with Gasteiger partial charge in [-0.2, -0.15) is 0 Å². The number of hydrogen-bond donors (Lipinski definition) is 3. The van der Waals surface area contributed by atoms with Crippen molar-refractivity contribution < 1.29 is 0 Å². The number of nitrogens with two attached hydrogens (primary N) is 1. The van der Waals surface area contributed by atoms with Crippen LogP contribution in [0.15, 0.2) is 6.33 Å². The van der Waals surface area contributed by atoms with E-state index in [0.29, 0.717) is 11.9 Å². The third-order valence-corrected chi connectivity index (χ3v) is 3.39. The van der Waals surface area contributed by atoms with Crippen molar-refractivity contribution in [2.45, 2.75) is 46.6 Å². The molecule has 0 aliphatic carbocycles. The van der Waals surface area contributed by atoms with E-state index in [9.17, 15) is 0 Å². The van der Waals surface area contributed by atoms with Crippen LogP contribution in [0.1, 0.15) is 39.7 Å². The Morgan fingerprint density at radius 1 is 1.20 bits per heavy atom. The predicted octanol–water partition coefficient (Wildman–Crippen LogP) is 1.86. The Bertz CT molecular complexity index is 391. The summed E-state index contributed by atoms with van der Waals surface area (Å²) in [5, 5.41) is 3.48. The van der Waals surface area contributed by atoms with Gasteiger partial charge in [-0.3, -0.25) is 0 Å². The average Bonchev–Trinajstić information content (AvgIpc) is 2.46. The first-order valence-corrected chi connectivity index (χ1v) is 7.45. The highest BCUT2D eigenvalue weighted by molar-refractivity contribution is 5.57. The summed E-state index contributed by atoms with van der Waals surface area (Å²) in [6.07, 6.45) is 3.47. The largest absolute Gasteiger partial charge is 0.366 e. The molecule has 1 atom stereocenters. The molecule has 4 N–H and O–H groups in total. The molecule has 1 heterocycles. The van der Waals surface area contributed by atoms with Crippen molar-refractivity contribution in [1.82, 2.24) is 14.9 Å². The van der Waals surface area contributed by atoms with Gasteiger partial charge in [0.2, 0.25) is 0 Å². The molecule has 0 amide bonds. The first-order valence-electron chi connectivity index (χ1n) is 7.45. The molecular weight excluding hydrogens is 252 g/mol. The van der Waals surface area contributed by atoms with Crippen LogP contribution in [0.2, 0.25) is 0 Å². The van der Waals surface area contributed by atoms with Crippen LogP contribution < -0.4 is 16.6 Å². The van der Waals surface area contributed by atoms with Gasteiger partial charge in [0.05, 0.1) is 0 Å². The molecule has 1 aromatic heterocycles. The molecule has 1 aromatic rings. The minimum absolute atomic E-state index is 0.325. The molecule has 0 fully saturated rings. The van der Waals surface area contributed by atoms with Gasteiger partial charge in [0, 0.05) is 18.2 Å². The summed E-state index contributed by atoms with van der Waals surface area (Å²) in [5.74, 6) is 7.12. The van der Waals surface area contributed by atoms with Crippen LogP contribution in [-0.2, 0) is 6.42 Å². The second kappa shape index (κ2) is 8.71. The molecule has 0 saturated carbocycles. The predicted molar refractivity (Wildman–Crippen MR) is 84.7 cm³/mol. The molecule has 20 heavy (non-hydrogen) atoms. The number of rotatable bonds is 9. The van der Waals surface area contributed by atoms with Crippen molar-refractivity contribution >= 4 is 11.6 Å². The summed E-state index contributed by atoms with van der Waals surface area (Å²) >= 11 is 0. The quantitative estimate of drug-likeness (QED) is 0.473. The molecule has 0 bridgehead atoms. The summed E-state index contributed by atoms with van der Waals surface area (Å²) in [5.41, 5.74) is 3.71. The van der Waals surface area contributed by atoms with Gasteiger partial charge < -0.3 is 15.6 Å². The van der Waals surface area contributed by atoms with Gasteiger partial charge >= 0.3 is 0 Å². The Kier molecular flexibility index (Phi) is 7.25. The fourth-order valence-electron chi connectivity index (χ4n) is 2.30. The highest BCUT2D eigenvalue weighted by atomic mass is 15.3. The van der Waals surface area contributed by atoms with E-state index in [1.54, 1.807) is 6.33 Å². The highest BCUT2D eigenvalue weighted by Crippen LogP contribution is 2.21. The SMILES string of the molecule is CCCc1c(NN)ncnc1NC(C)CN(CC)CC. The number of nitrogens with zero attached hydrogens (tertiary/aromatic N) is 3. The molecule has 0 saturated heterocycles. The molecular formula is C14H28N6. The van der Waals surface area contributed by atoms with Crippen LogP contribution in [0, 0.1) is 0 Å². The van der Waals surface area contributed by atoms with Crippen molar-refractivity contribution in [3.05, 3.63) is 11.9 Å². The molecule has 0 aromatic carbocycles. The summed E-state index contributed by atoms with van der Waals surface area (Å²) in [7, 11) is 0. The Morgan fingerprint density at radius 3 is 2.40 bits per heavy atom. The summed E-state index contributed by atoms with van der Waals surface area (Å²) in [6, 6.07) is 0.325. The second-order valence-corrected chi connectivity index (χ2v) is 4.98. The number of hydrogen-bond acceptors (Lipinski definition) is 6. The minimum atomic E-state index is 0.325. The van der Waals surface area contributed by atoms with Crippen LogP contribution in [0.4, 0.5) is 11.6 Å². The lowest BCUT2D eigenvalue weighted by atomic mass is 10.1. The van der Waals surface area contributed by atoms with Crippen molar-refractivity contribution in [2.24, 2.45) is 5.84 Å². The van der Waals surface area contributed by atoms with Crippen molar-refractivity contribution in [3.8, 4) is 0 Å². The molecule has 0 spiro atoms. The second-order valence-electron chi connectivity index (χ2n) is 4.98. The molecule has 0 aliphatic heterocycles. The van der Waals surface area contributed by atoms with E-state index in [1.807, 2.05) is 0 Å². The molecule has 1 unspecified atom stereocenters. The lowest BCUT2D eigenvalue weighted by Gasteiger charge is -2.24. The van der Waals surface area contributed by atoms with Crippen LogP contribution in [0.5, 0.6) is 0 Å². The van der Waals surface area contributed by atoms with Crippen LogP contribution >= 0.6 is 0 Å². The van der Waals surface area contributed by atoms with E-state index in [1.165, 1.54) is 0 Å². The molecule has 0 radical (unpaired) electrons. The monoisotopic (exact) mass is 280 g/mol. The molecule has 114 valence electrons. The van der Waals surface area contributed by atoms with E-state index >= 15 is 0 Å².